The van der Waals surface area contributed by atoms with Crippen LogP contribution in [0.5, 0.6) is 0 Å². The maximum Gasteiger partial charge on any atom is 0.323 e. The number of carbonyl (C=O) groups excluding carboxylic acids is 1. The van der Waals surface area contributed by atoms with Gasteiger partial charge in [-0.15, -0.1) is 11.8 Å². The third-order valence-electron chi connectivity index (χ3n) is 2.25. The van der Waals surface area contributed by atoms with Crippen molar-refractivity contribution >= 4 is 17.7 Å². The van der Waals surface area contributed by atoms with Crippen molar-refractivity contribution in [2.75, 3.05) is 12.4 Å². The van der Waals surface area contributed by atoms with Crippen LogP contribution < -0.4 is 5.73 Å². The Balaban J connectivity index is 2.37. The van der Waals surface area contributed by atoms with Crippen LogP contribution in [-0.4, -0.2) is 34.5 Å². The van der Waals surface area contributed by atoms with Gasteiger partial charge >= 0.3 is 5.97 Å². The highest BCUT2D eigenvalue weighted by atomic mass is 32.2. The standard InChI is InChI=1S/C12H21N3O3S/c1-5-17-10(16)8(13)6-19-7-9-14-11(15-18-9)12(2,3)4/h8H,5-7,13H2,1-4H3. The van der Waals surface area contributed by atoms with Crippen LogP contribution in [0.3, 0.4) is 0 Å². The second-order valence-corrected chi connectivity index (χ2v) is 6.17. The molecular weight excluding hydrogens is 266 g/mol. The zero-order chi connectivity index (χ0) is 14.5. The molecule has 0 aliphatic heterocycles. The molecule has 0 aromatic carbocycles. The lowest BCUT2D eigenvalue weighted by Crippen LogP contribution is -2.34. The molecule has 0 fully saturated rings. The number of hydrogen-bond donors (Lipinski definition) is 1. The summed E-state index contributed by atoms with van der Waals surface area (Å²) in [4.78, 5) is 15.6. The molecule has 0 bridgehead atoms. The number of nitrogens with zero attached hydrogens (tertiary/aromatic N) is 2. The van der Waals surface area contributed by atoms with E-state index in [9.17, 15) is 4.79 Å². The third-order valence-corrected chi connectivity index (χ3v) is 3.30. The first-order valence-electron chi connectivity index (χ1n) is 6.17. The van der Waals surface area contributed by atoms with Crippen LogP contribution in [-0.2, 0) is 20.7 Å². The molecule has 6 nitrogen and oxygen atoms in total. The van der Waals surface area contributed by atoms with Gasteiger partial charge in [0.2, 0.25) is 5.89 Å². The SMILES string of the molecule is CCOC(=O)C(N)CSCc1nc(C(C)(C)C)no1. The summed E-state index contributed by atoms with van der Waals surface area (Å²) in [6, 6.07) is -0.616. The summed E-state index contributed by atoms with van der Waals surface area (Å²) in [5.74, 6) is 1.85. The van der Waals surface area contributed by atoms with Crippen molar-refractivity contribution in [2.24, 2.45) is 5.73 Å². The van der Waals surface area contributed by atoms with Crippen LogP contribution in [0.1, 0.15) is 39.4 Å². The van der Waals surface area contributed by atoms with Gasteiger partial charge in [0, 0.05) is 11.2 Å². The Labute approximate surface area is 117 Å². The largest absolute Gasteiger partial charge is 0.465 e. The fourth-order valence-corrected chi connectivity index (χ4v) is 2.01. The molecule has 0 spiro atoms. The van der Waals surface area contributed by atoms with Gasteiger partial charge in [-0.2, -0.15) is 4.98 Å². The highest BCUT2D eigenvalue weighted by Crippen LogP contribution is 2.20. The van der Waals surface area contributed by atoms with Crippen LogP contribution in [0.25, 0.3) is 0 Å². The topological polar surface area (TPSA) is 91.2 Å². The lowest BCUT2D eigenvalue weighted by molar-refractivity contribution is -0.144. The summed E-state index contributed by atoms with van der Waals surface area (Å²) in [7, 11) is 0. The fourth-order valence-electron chi connectivity index (χ4n) is 1.21. The van der Waals surface area contributed by atoms with Gasteiger partial charge in [-0.3, -0.25) is 4.79 Å². The normalized spacial score (nSPS) is 13.3. The number of carbonyl (C=O) groups is 1. The van der Waals surface area contributed by atoms with E-state index < -0.39 is 6.04 Å². The Kier molecular flexibility index (Phi) is 5.81. The predicted molar refractivity (Wildman–Crippen MR) is 73.8 cm³/mol. The molecule has 1 unspecified atom stereocenters. The van der Waals surface area contributed by atoms with Crippen molar-refractivity contribution in [3.63, 3.8) is 0 Å². The van der Waals surface area contributed by atoms with Crippen molar-refractivity contribution in [2.45, 2.75) is 44.9 Å². The Morgan fingerprint density at radius 1 is 1.53 bits per heavy atom. The van der Waals surface area contributed by atoms with Crippen molar-refractivity contribution in [3.8, 4) is 0 Å². The Morgan fingerprint density at radius 2 is 2.21 bits per heavy atom. The maximum absolute atomic E-state index is 11.3. The molecule has 19 heavy (non-hydrogen) atoms. The van der Waals surface area contributed by atoms with E-state index in [-0.39, 0.29) is 11.4 Å². The number of ether oxygens (including phenoxy) is 1. The Bertz CT molecular complexity index is 415. The fraction of sp³-hybridized carbons (Fsp3) is 0.750. The first-order chi connectivity index (χ1) is 8.84. The zero-order valence-electron chi connectivity index (χ0n) is 11.8. The summed E-state index contributed by atoms with van der Waals surface area (Å²) in [5.41, 5.74) is 5.55. The summed E-state index contributed by atoms with van der Waals surface area (Å²) < 4.78 is 9.97. The first-order valence-corrected chi connectivity index (χ1v) is 7.33. The second-order valence-electron chi connectivity index (χ2n) is 5.14. The Morgan fingerprint density at radius 3 is 2.74 bits per heavy atom. The molecule has 7 heteroatoms. The smallest absolute Gasteiger partial charge is 0.323 e. The van der Waals surface area contributed by atoms with E-state index in [2.05, 4.69) is 10.1 Å². The molecule has 0 saturated carbocycles. The summed E-state index contributed by atoms with van der Waals surface area (Å²) in [6.07, 6.45) is 0. The van der Waals surface area contributed by atoms with E-state index in [1.54, 1.807) is 6.92 Å². The van der Waals surface area contributed by atoms with Crippen molar-refractivity contribution in [3.05, 3.63) is 11.7 Å². The van der Waals surface area contributed by atoms with Gasteiger partial charge in [-0.05, 0) is 6.92 Å². The molecular formula is C12H21N3O3S. The average molecular weight is 287 g/mol. The molecule has 1 aromatic heterocycles. The van der Waals surface area contributed by atoms with Crippen LogP contribution in [0, 0.1) is 0 Å². The summed E-state index contributed by atoms with van der Waals surface area (Å²) >= 11 is 1.47. The number of hydrogen-bond acceptors (Lipinski definition) is 7. The molecule has 0 aliphatic rings. The highest BCUT2D eigenvalue weighted by molar-refractivity contribution is 7.98. The molecule has 1 aromatic rings. The minimum absolute atomic E-state index is 0.131. The van der Waals surface area contributed by atoms with E-state index in [1.165, 1.54) is 11.8 Å². The first kappa shape index (κ1) is 16.0. The third kappa shape index (κ3) is 5.20. The molecule has 0 radical (unpaired) electrons. The van der Waals surface area contributed by atoms with Crippen LogP contribution >= 0.6 is 11.8 Å². The van der Waals surface area contributed by atoms with Gasteiger partial charge < -0.3 is 15.0 Å². The van der Waals surface area contributed by atoms with E-state index in [4.69, 9.17) is 15.0 Å². The van der Waals surface area contributed by atoms with Crippen LogP contribution in [0.4, 0.5) is 0 Å². The van der Waals surface area contributed by atoms with Crippen LogP contribution in [0.15, 0.2) is 4.52 Å². The maximum atomic E-state index is 11.3. The van der Waals surface area contributed by atoms with Gasteiger partial charge in [0.05, 0.1) is 12.4 Å². The lowest BCUT2D eigenvalue weighted by atomic mass is 9.96. The summed E-state index contributed by atoms with van der Waals surface area (Å²) in [6.45, 7) is 8.16. The van der Waals surface area contributed by atoms with E-state index in [0.717, 1.165) is 0 Å². The molecule has 0 saturated heterocycles. The number of nitrogens with two attached hydrogens (primary N) is 1. The van der Waals surface area contributed by atoms with Crippen molar-refractivity contribution in [1.29, 1.82) is 0 Å². The van der Waals surface area contributed by atoms with Gasteiger partial charge in [-0.1, -0.05) is 25.9 Å². The van der Waals surface area contributed by atoms with Crippen molar-refractivity contribution < 1.29 is 14.1 Å². The van der Waals surface area contributed by atoms with Crippen molar-refractivity contribution in [1.82, 2.24) is 10.1 Å². The average Bonchev–Trinajstić information content (AvgIpc) is 2.77. The number of aromatic nitrogens is 2. The molecule has 0 aliphatic carbocycles. The quantitative estimate of drug-likeness (QED) is 0.792. The molecule has 108 valence electrons. The number of rotatable bonds is 6. The van der Waals surface area contributed by atoms with Gasteiger partial charge in [-0.25, -0.2) is 0 Å². The minimum atomic E-state index is -0.616. The lowest BCUT2D eigenvalue weighted by Gasteiger charge is -2.11. The second kappa shape index (κ2) is 6.91. The molecule has 0 amide bonds. The highest BCUT2D eigenvalue weighted by Gasteiger charge is 2.21. The van der Waals surface area contributed by atoms with E-state index >= 15 is 0 Å². The molecule has 1 atom stereocenters. The molecule has 1 heterocycles. The van der Waals surface area contributed by atoms with E-state index in [1.807, 2.05) is 20.8 Å². The summed E-state index contributed by atoms with van der Waals surface area (Å²) in [5, 5.41) is 3.93. The Hall–Kier alpha value is -1.08. The van der Waals surface area contributed by atoms with E-state index in [0.29, 0.717) is 29.8 Å². The number of thioether (sulfide) groups is 1. The van der Waals surface area contributed by atoms with Gasteiger partial charge in [0.25, 0.3) is 0 Å². The van der Waals surface area contributed by atoms with Gasteiger partial charge in [0.1, 0.15) is 6.04 Å². The van der Waals surface area contributed by atoms with Crippen LogP contribution in [0.2, 0.25) is 0 Å². The zero-order valence-corrected chi connectivity index (χ0v) is 12.6. The minimum Gasteiger partial charge on any atom is -0.465 e. The molecule has 1 rings (SSSR count). The predicted octanol–water partition coefficient (Wildman–Crippen LogP) is 1.49. The van der Waals surface area contributed by atoms with Gasteiger partial charge in [0.15, 0.2) is 5.82 Å². The monoisotopic (exact) mass is 287 g/mol. The number of esters is 1. The molecule has 2 N–H and O–H groups in total.